The molecular formula is C24H23FN4OS. The Morgan fingerprint density at radius 3 is 2.61 bits per heavy atom. The summed E-state index contributed by atoms with van der Waals surface area (Å²) < 4.78 is 15.3. The van der Waals surface area contributed by atoms with Crippen LogP contribution in [0, 0.1) is 26.6 Å². The van der Waals surface area contributed by atoms with Gasteiger partial charge in [0, 0.05) is 17.6 Å². The van der Waals surface area contributed by atoms with E-state index in [9.17, 15) is 9.18 Å². The minimum Gasteiger partial charge on any atom is -0.324 e. The van der Waals surface area contributed by atoms with Gasteiger partial charge in [0.2, 0.25) is 5.91 Å². The quantitative estimate of drug-likeness (QED) is 0.411. The summed E-state index contributed by atoms with van der Waals surface area (Å²) in [5.41, 5.74) is 6.28. The zero-order chi connectivity index (χ0) is 22.0. The second kappa shape index (κ2) is 8.89. The number of hydrogen-bond acceptors (Lipinski definition) is 4. The maximum Gasteiger partial charge on any atom is 0.244 e. The molecule has 5 nitrogen and oxygen atoms in total. The van der Waals surface area contributed by atoms with Gasteiger partial charge < -0.3 is 5.32 Å². The van der Waals surface area contributed by atoms with Crippen LogP contribution in [0.5, 0.6) is 0 Å². The molecule has 4 rings (SSSR count). The summed E-state index contributed by atoms with van der Waals surface area (Å²) in [7, 11) is 0. The Morgan fingerprint density at radius 1 is 1.10 bits per heavy atom. The number of carbonyl (C=O) groups excluding carboxylic acids is 1. The molecule has 0 aliphatic heterocycles. The van der Waals surface area contributed by atoms with Crippen molar-refractivity contribution in [3.05, 3.63) is 82.8 Å². The fourth-order valence-electron chi connectivity index (χ4n) is 3.66. The third-order valence-electron chi connectivity index (χ3n) is 4.97. The Labute approximate surface area is 184 Å². The van der Waals surface area contributed by atoms with Crippen LogP contribution in [0.25, 0.3) is 11.2 Å². The van der Waals surface area contributed by atoms with E-state index in [-0.39, 0.29) is 18.3 Å². The molecule has 1 N–H and O–H groups in total. The highest BCUT2D eigenvalue weighted by atomic mass is 32.2. The Bertz CT molecular complexity index is 1240. The van der Waals surface area contributed by atoms with Crippen LogP contribution < -0.4 is 5.32 Å². The summed E-state index contributed by atoms with van der Waals surface area (Å²) in [5, 5.41) is 3.71. The zero-order valence-electron chi connectivity index (χ0n) is 17.6. The van der Waals surface area contributed by atoms with Crippen molar-refractivity contribution in [3.63, 3.8) is 0 Å². The number of hydrogen-bond donors (Lipinski definition) is 1. The van der Waals surface area contributed by atoms with E-state index in [1.165, 1.54) is 23.9 Å². The summed E-state index contributed by atoms with van der Waals surface area (Å²) in [4.78, 5) is 22.0. The van der Waals surface area contributed by atoms with Gasteiger partial charge in [-0.3, -0.25) is 9.36 Å². The van der Waals surface area contributed by atoms with E-state index in [1.807, 2.05) is 43.5 Å². The van der Waals surface area contributed by atoms with E-state index < -0.39 is 0 Å². The van der Waals surface area contributed by atoms with Crippen LogP contribution in [-0.4, -0.2) is 20.4 Å². The van der Waals surface area contributed by atoms with Gasteiger partial charge in [-0.25, -0.2) is 14.4 Å². The molecular weight excluding hydrogens is 411 g/mol. The molecule has 0 saturated heterocycles. The molecule has 0 saturated carbocycles. The van der Waals surface area contributed by atoms with E-state index in [2.05, 4.69) is 27.4 Å². The third-order valence-corrected chi connectivity index (χ3v) is 6.02. The lowest BCUT2D eigenvalue weighted by molar-refractivity contribution is -0.116. The van der Waals surface area contributed by atoms with Gasteiger partial charge in [-0.15, -0.1) is 0 Å². The first-order valence-electron chi connectivity index (χ1n) is 9.97. The molecule has 2 aromatic heterocycles. The number of pyridine rings is 1. The summed E-state index contributed by atoms with van der Waals surface area (Å²) in [6.45, 7) is 6.11. The molecule has 0 radical (unpaired) electrons. The number of halogens is 1. The number of nitrogens with zero attached hydrogens (tertiary/aromatic N) is 3. The molecule has 4 aromatic rings. The van der Waals surface area contributed by atoms with E-state index >= 15 is 0 Å². The monoisotopic (exact) mass is 434 g/mol. The first-order valence-corrected chi connectivity index (χ1v) is 11.0. The van der Waals surface area contributed by atoms with Crippen LogP contribution in [0.2, 0.25) is 0 Å². The van der Waals surface area contributed by atoms with Crippen molar-refractivity contribution in [2.24, 2.45) is 0 Å². The fraction of sp³-hybridized carbons (Fsp3) is 0.208. The number of amides is 1. The normalized spacial score (nSPS) is 11.1. The average Bonchev–Trinajstić information content (AvgIpc) is 3.06. The maximum atomic E-state index is 13.5. The topological polar surface area (TPSA) is 59.8 Å². The number of aryl methyl sites for hydroxylation is 3. The Morgan fingerprint density at radius 2 is 1.87 bits per heavy atom. The average molecular weight is 435 g/mol. The lowest BCUT2D eigenvalue weighted by Crippen LogP contribution is -2.20. The van der Waals surface area contributed by atoms with Crippen LogP contribution in [0.3, 0.4) is 0 Å². The van der Waals surface area contributed by atoms with Gasteiger partial charge in [0.25, 0.3) is 0 Å². The van der Waals surface area contributed by atoms with Crippen molar-refractivity contribution >= 4 is 34.5 Å². The van der Waals surface area contributed by atoms with Crippen LogP contribution in [-0.2, 0) is 17.1 Å². The van der Waals surface area contributed by atoms with Gasteiger partial charge >= 0.3 is 0 Å². The van der Waals surface area contributed by atoms with Gasteiger partial charge in [-0.2, -0.15) is 0 Å². The summed E-state index contributed by atoms with van der Waals surface area (Å²) >= 11 is 1.46. The van der Waals surface area contributed by atoms with Gasteiger partial charge in [0.15, 0.2) is 10.8 Å². The number of aromatic nitrogens is 3. The number of imidazole rings is 1. The molecule has 0 fully saturated rings. The molecule has 158 valence electrons. The Hall–Kier alpha value is -3.19. The predicted octanol–water partition coefficient (Wildman–Crippen LogP) is 5.43. The molecule has 0 aliphatic carbocycles. The van der Waals surface area contributed by atoms with E-state index in [4.69, 9.17) is 0 Å². The second-order valence-corrected chi connectivity index (χ2v) is 8.51. The third kappa shape index (κ3) is 4.77. The van der Waals surface area contributed by atoms with Gasteiger partial charge in [0.1, 0.15) is 17.9 Å². The molecule has 0 unspecified atom stereocenters. The van der Waals surface area contributed by atoms with E-state index in [1.54, 1.807) is 12.3 Å². The van der Waals surface area contributed by atoms with Gasteiger partial charge in [-0.1, -0.05) is 41.6 Å². The molecule has 2 aromatic carbocycles. The molecule has 0 aliphatic rings. The molecule has 0 spiro atoms. The van der Waals surface area contributed by atoms with E-state index in [0.717, 1.165) is 33.5 Å². The molecule has 31 heavy (non-hydrogen) atoms. The second-order valence-electron chi connectivity index (χ2n) is 7.57. The smallest absolute Gasteiger partial charge is 0.244 e. The number of benzene rings is 2. The van der Waals surface area contributed by atoms with Crippen molar-refractivity contribution < 1.29 is 9.18 Å². The highest BCUT2D eigenvalue weighted by Crippen LogP contribution is 2.27. The number of nitrogens with one attached hydrogen (secondary N) is 1. The Balaban J connectivity index is 1.59. The largest absolute Gasteiger partial charge is 0.324 e. The number of rotatable bonds is 6. The first-order chi connectivity index (χ1) is 14.9. The van der Waals surface area contributed by atoms with Gasteiger partial charge in [0.05, 0.1) is 0 Å². The minimum absolute atomic E-state index is 0.0890. The van der Waals surface area contributed by atoms with Crippen LogP contribution in [0.15, 0.2) is 59.9 Å². The summed E-state index contributed by atoms with van der Waals surface area (Å²) in [6.07, 6.45) is 1.69. The fourth-order valence-corrected chi connectivity index (χ4v) is 4.61. The highest BCUT2D eigenvalue weighted by Gasteiger charge is 2.16. The van der Waals surface area contributed by atoms with Crippen molar-refractivity contribution in [3.8, 4) is 0 Å². The van der Waals surface area contributed by atoms with Crippen LogP contribution in [0.1, 0.15) is 22.3 Å². The Kier molecular flexibility index (Phi) is 6.04. The first kappa shape index (κ1) is 21.1. The van der Waals surface area contributed by atoms with Crippen LogP contribution in [0.4, 0.5) is 10.1 Å². The lowest BCUT2D eigenvalue weighted by atomic mass is 10.1. The highest BCUT2D eigenvalue weighted by molar-refractivity contribution is 7.98. The zero-order valence-corrected chi connectivity index (χ0v) is 18.5. The van der Waals surface area contributed by atoms with Crippen molar-refractivity contribution in [2.75, 3.05) is 5.32 Å². The molecule has 0 bridgehead atoms. The minimum atomic E-state index is -0.267. The number of thioether (sulfide) groups is 1. The summed E-state index contributed by atoms with van der Waals surface area (Å²) in [6, 6.07) is 14.3. The SMILES string of the molecule is Cc1cc(C)c(NC(=O)Cn2c(SCc3cccc(F)c3)nc3cccnc32)c(C)c1. The number of anilines is 1. The predicted molar refractivity (Wildman–Crippen MR) is 123 cm³/mol. The lowest BCUT2D eigenvalue weighted by Gasteiger charge is -2.14. The standard InChI is InChI=1S/C24H23FN4OS/c1-15-10-16(2)22(17(3)11-15)28-21(30)13-29-23-20(8-5-9-26-23)27-24(29)31-14-18-6-4-7-19(25)12-18/h4-12H,13-14H2,1-3H3,(H,28,30). The number of fused-ring (bicyclic) bond motifs is 1. The number of carbonyl (C=O) groups is 1. The molecule has 0 atom stereocenters. The molecule has 2 heterocycles. The molecule has 1 amide bonds. The van der Waals surface area contributed by atoms with Crippen molar-refractivity contribution in [1.29, 1.82) is 0 Å². The van der Waals surface area contributed by atoms with Crippen LogP contribution >= 0.6 is 11.8 Å². The van der Waals surface area contributed by atoms with Crippen molar-refractivity contribution in [2.45, 2.75) is 38.2 Å². The van der Waals surface area contributed by atoms with E-state index in [0.29, 0.717) is 16.6 Å². The molecule has 7 heteroatoms. The summed E-state index contributed by atoms with van der Waals surface area (Å²) in [5.74, 6) is 0.128. The maximum absolute atomic E-state index is 13.5. The van der Waals surface area contributed by atoms with Gasteiger partial charge in [-0.05, 0) is 61.7 Å². The van der Waals surface area contributed by atoms with Crippen molar-refractivity contribution in [1.82, 2.24) is 14.5 Å².